The Labute approximate surface area is 71.5 Å². The minimum atomic E-state index is -2.92. The molecule has 0 radical (unpaired) electrons. The minimum Gasteiger partial charge on any atom is -0.394 e. The topological polar surface area (TPSA) is 110 Å². The predicted molar refractivity (Wildman–Crippen MR) is 36.0 cm³/mol. The van der Waals surface area contributed by atoms with Crippen molar-refractivity contribution in [1.29, 1.82) is 0 Å². The number of rotatable bonds is 1. The van der Waals surface area contributed by atoms with Crippen LogP contribution >= 0.6 is 0 Å². The number of aliphatic hydroxyl groups excluding tert-OH is 4. The van der Waals surface area contributed by atoms with Gasteiger partial charge in [0.25, 0.3) is 0 Å². The van der Waals surface area contributed by atoms with Gasteiger partial charge in [-0.15, -0.1) is 0 Å². The van der Waals surface area contributed by atoms with Crippen molar-refractivity contribution in [3.63, 3.8) is 0 Å². The lowest BCUT2D eigenvalue weighted by Crippen LogP contribution is -2.58. The average Bonchev–Trinajstić information content (AvgIpc) is 2.06. The molecule has 0 aromatic rings. The van der Waals surface area contributed by atoms with Crippen molar-refractivity contribution >= 4 is 0 Å². The first-order chi connectivity index (χ1) is 6.25. The Morgan fingerprint density at radius 3 is 2.17 bits per heavy atom. The van der Waals surface area contributed by atoms with Crippen LogP contribution in [0.5, 0.6) is 0 Å². The third-order valence-corrected chi connectivity index (χ3v) is 1.72. The molecular formula is C6H12O6. The molecule has 0 aliphatic carbocycles. The molecule has 6 nitrogen and oxygen atoms in total. The summed E-state index contributed by atoms with van der Waals surface area (Å²) in [6, 6.07) is 0. The molecule has 1 fully saturated rings. The molecule has 0 aromatic carbocycles. The molecule has 1 aliphatic rings. The fourth-order valence-corrected chi connectivity index (χ4v) is 0.968. The molecule has 5 N–H and O–H groups in total. The van der Waals surface area contributed by atoms with E-state index >= 15 is 0 Å². The Morgan fingerprint density at radius 1 is 1.08 bits per heavy atom. The molecule has 1 heterocycles. The van der Waals surface area contributed by atoms with Gasteiger partial charge in [0.05, 0.1) is 9.30 Å². The summed E-state index contributed by atoms with van der Waals surface area (Å²) >= 11 is 0. The number of hydrogen-bond acceptors (Lipinski definition) is 6. The van der Waals surface area contributed by atoms with Gasteiger partial charge in [-0.3, -0.25) is 0 Å². The zero-order valence-corrected chi connectivity index (χ0v) is 6.03. The monoisotopic (exact) mass is 182 g/mol. The summed E-state index contributed by atoms with van der Waals surface area (Å²) in [7, 11) is 0. The Balaban J connectivity index is 2.81. The predicted octanol–water partition coefficient (Wildman–Crippen LogP) is -3.22. The highest BCUT2D eigenvalue weighted by Gasteiger charge is 2.42. The maximum atomic E-state index is 9.22. The molecule has 6 heteroatoms. The highest BCUT2D eigenvalue weighted by atomic mass is 16.6. The van der Waals surface area contributed by atoms with Gasteiger partial charge in [0.1, 0.15) is 24.4 Å². The molecule has 0 spiro atoms. The van der Waals surface area contributed by atoms with Crippen LogP contribution in [0.3, 0.4) is 0 Å². The highest BCUT2D eigenvalue weighted by Crippen LogP contribution is 2.18. The van der Waals surface area contributed by atoms with Crippen LogP contribution in [0.1, 0.15) is 2.74 Å². The van der Waals surface area contributed by atoms with E-state index < -0.39 is 37.3 Å². The van der Waals surface area contributed by atoms with E-state index in [0.29, 0.717) is 0 Å². The molecule has 1 saturated heterocycles. The third kappa shape index (κ3) is 1.58. The van der Waals surface area contributed by atoms with Gasteiger partial charge in [-0.25, -0.2) is 0 Å². The first-order valence-corrected chi connectivity index (χ1v) is 3.35. The standard InChI is InChI=1S/C6H12O6/c7-1-2-3(8)4(9)5(10)6(11)12-2/h2-11H,1H2/t2-,3+,4-,5+,6?/m0/s1/i1D2. The number of aliphatic hydroxyl groups is 5. The van der Waals surface area contributed by atoms with E-state index in [1.54, 1.807) is 0 Å². The molecule has 72 valence electrons. The van der Waals surface area contributed by atoms with E-state index in [1.165, 1.54) is 0 Å². The van der Waals surface area contributed by atoms with Crippen LogP contribution in [0.25, 0.3) is 0 Å². The fourth-order valence-electron chi connectivity index (χ4n) is 0.968. The molecular weight excluding hydrogens is 168 g/mol. The molecule has 0 bridgehead atoms. The molecule has 0 amide bonds. The van der Waals surface area contributed by atoms with Crippen molar-refractivity contribution in [2.45, 2.75) is 30.7 Å². The van der Waals surface area contributed by atoms with E-state index in [0.717, 1.165) is 0 Å². The van der Waals surface area contributed by atoms with Crippen molar-refractivity contribution in [2.24, 2.45) is 0 Å². The van der Waals surface area contributed by atoms with Gasteiger partial charge in [0, 0.05) is 0 Å². The van der Waals surface area contributed by atoms with E-state index in [4.69, 9.17) is 23.2 Å². The summed E-state index contributed by atoms with van der Waals surface area (Å²) in [4.78, 5) is 0. The molecule has 1 unspecified atom stereocenters. The molecule has 1 rings (SSSR count). The summed E-state index contributed by atoms with van der Waals surface area (Å²) in [6.07, 6.45) is -8.97. The van der Waals surface area contributed by atoms with Crippen molar-refractivity contribution in [3.05, 3.63) is 0 Å². The second kappa shape index (κ2) is 3.65. The highest BCUT2D eigenvalue weighted by molar-refractivity contribution is 4.87. The Bertz CT molecular complexity index is 207. The Morgan fingerprint density at radius 2 is 1.67 bits per heavy atom. The molecule has 1 aliphatic heterocycles. The molecule has 0 aromatic heterocycles. The van der Waals surface area contributed by atoms with Crippen LogP contribution in [0.15, 0.2) is 0 Å². The van der Waals surface area contributed by atoms with Gasteiger partial charge in [0.15, 0.2) is 6.29 Å². The van der Waals surface area contributed by atoms with E-state index in [9.17, 15) is 5.11 Å². The fraction of sp³-hybridized carbons (Fsp3) is 1.00. The number of hydrogen-bond donors (Lipinski definition) is 5. The normalized spacial score (nSPS) is 52.9. The van der Waals surface area contributed by atoms with Crippen LogP contribution in [0.2, 0.25) is 0 Å². The lowest BCUT2D eigenvalue weighted by molar-refractivity contribution is -0.286. The molecule has 5 atom stereocenters. The third-order valence-electron chi connectivity index (χ3n) is 1.72. The lowest BCUT2D eigenvalue weighted by Gasteiger charge is -2.37. The first-order valence-electron chi connectivity index (χ1n) is 4.35. The van der Waals surface area contributed by atoms with Crippen molar-refractivity contribution < 1.29 is 33.0 Å². The van der Waals surface area contributed by atoms with Gasteiger partial charge >= 0.3 is 0 Å². The van der Waals surface area contributed by atoms with Crippen LogP contribution in [0, 0.1) is 0 Å². The zero-order chi connectivity index (χ0) is 11.1. The van der Waals surface area contributed by atoms with E-state index in [-0.39, 0.29) is 0 Å². The summed E-state index contributed by atoms with van der Waals surface area (Å²) in [6.45, 7) is -2.92. The van der Waals surface area contributed by atoms with Gasteiger partial charge in [0.2, 0.25) is 0 Å². The second-order valence-corrected chi connectivity index (χ2v) is 2.55. The zero-order valence-electron chi connectivity index (χ0n) is 8.03. The number of ether oxygens (including phenoxy) is 1. The maximum absolute atomic E-state index is 9.22. The molecule has 0 saturated carbocycles. The van der Waals surface area contributed by atoms with Gasteiger partial charge in [-0.05, 0) is 0 Å². The van der Waals surface area contributed by atoms with Crippen molar-refractivity contribution in [2.75, 3.05) is 6.56 Å². The lowest BCUT2D eigenvalue weighted by atomic mass is 10.00. The van der Waals surface area contributed by atoms with Crippen LogP contribution < -0.4 is 0 Å². The van der Waals surface area contributed by atoms with Crippen LogP contribution in [-0.2, 0) is 4.74 Å². The maximum Gasteiger partial charge on any atom is 0.184 e. The first kappa shape index (κ1) is 7.19. The molecule has 12 heavy (non-hydrogen) atoms. The quantitative estimate of drug-likeness (QED) is 0.292. The van der Waals surface area contributed by atoms with Gasteiger partial charge < -0.3 is 30.3 Å². The summed E-state index contributed by atoms with van der Waals surface area (Å²) in [5.41, 5.74) is 0. The van der Waals surface area contributed by atoms with Crippen LogP contribution in [-0.4, -0.2) is 62.8 Å². The van der Waals surface area contributed by atoms with Crippen LogP contribution in [0.4, 0.5) is 0 Å². The van der Waals surface area contributed by atoms with E-state index in [1.807, 2.05) is 0 Å². The Kier molecular flexibility index (Phi) is 2.19. The van der Waals surface area contributed by atoms with Gasteiger partial charge in [-0.1, -0.05) is 0 Å². The van der Waals surface area contributed by atoms with Crippen molar-refractivity contribution in [3.8, 4) is 0 Å². The largest absolute Gasteiger partial charge is 0.394 e. The minimum absolute atomic E-state index is 1.73. The summed E-state index contributed by atoms with van der Waals surface area (Å²) in [5.74, 6) is 0. The average molecular weight is 182 g/mol. The van der Waals surface area contributed by atoms with E-state index in [2.05, 4.69) is 4.74 Å². The second-order valence-electron chi connectivity index (χ2n) is 2.55. The van der Waals surface area contributed by atoms with Gasteiger partial charge in [-0.2, -0.15) is 0 Å². The van der Waals surface area contributed by atoms with Crippen molar-refractivity contribution in [1.82, 2.24) is 0 Å². The summed E-state index contributed by atoms with van der Waals surface area (Å²) in [5, 5.41) is 45.2. The Hall–Kier alpha value is -0.240. The summed E-state index contributed by atoms with van der Waals surface area (Å²) < 4.78 is 18.1. The SMILES string of the molecule is [2H]C([2H])(O)[C@@H]1OC(O)[C@H](O)[C@@H](O)[C@@H]1O. The smallest absolute Gasteiger partial charge is 0.184 e.